The van der Waals surface area contributed by atoms with Crippen LogP contribution in [0.25, 0.3) is 22.6 Å². The van der Waals surface area contributed by atoms with Gasteiger partial charge in [-0.2, -0.15) is 0 Å². The zero-order valence-electron chi connectivity index (χ0n) is 21.9. The Bertz CT molecular complexity index is 1670. The minimum atomic E-state index is -3.69. The number of aryl methyl sites for hydroxylation is 2. The molecule has 0 atom stereocenters. The number of nitrogens with zero attached hydrogens (tertiary/aromatic N) is 4. The summed E-state index contributed by atoms with van der Waals surface area (Å²) in [6, 6.07) is 11.9. The number of hydrogen-bond donors (Lipinski definition) is 2. The van der Waals surface area contributed by atoms with Gasteiger partial charge in [0.15, 0.2) is 16.5 Å². The van der Waals surface area contributed by atoms with Gasteiger partial charge in [-0.3, -0.25) is 4.98 Å². The van der Waals surface area contributed by atoms with Crippen molar-refractivity contribution in [2.24, 2.45) is 7.05 Å². The molecule has 4 aromatic rings. The summed E-state index contributed by atoms with van der Waals surface area (Å²) in [6.07, 6.45) is 7.81. The van der Waals surface area contributed by atoms with Crippen LogP contribution < -0.4 is 14.2 Å². The minimum absolute atomic E-state index is 0.0662. The summed E-state index contributed by atoms with van der Waals surface area (Å²) in [6.45, 7) is 2.19. The van der Waals surface area contributed by atoms with Gasteiger partial charge in [0, 0.05) is 35.5 Å². The first-order valence-electron chi connectivity index (χ1n) is 13.2. The van der Waals surface area contributed by atoms with E-state index in [1.807, 2.05) is 43.3 Å². The molecule has 8 rings (SSSR count). The van der Waals surface area contributed by atoms with E-state index in [-0.39, 0.29) is 17.2 Å². The van der Waals surface area contributed by atoms with Crippen molar-refractivity contribution >= 4 is 10.0 Å². The Balaban J connectivity index is 1.22. The van der Waals surface area contributed by atoms with Crippen LogP contribution in [-0.4, -0.2) is 45.3 Å². The van der Waals surface area contributed by atoms with Crippen molar-refractivity contribution in [1.82, 2.24) is 29.2 Å². The molecule has 1 aromatic carbocycles. The molecule has 3 aromatic heterocycles. The number of imidazole rings is 2. The highest BCUT2D eigenvalue weighted by Gasteiger charge is 2.52. The highest BCUT2D eigenvalue weighted by molar-refractivity contribution is 7.89. The molecule has 3 fully saturated rings. The first-order valence-corrected chi connectivity index (χ1v) is 14.7. The van der Waals surface area contributed by atoms with Crippen molar-refractivity contribution in [3.63, 3.8) is 0 Å². The summed E-state index contributed by atoms with van der Waals surface area (Å²) in [5.74, 6) is 2.38. The normalized spacial score (nSPS) is 23.8. The van der Waals surface area contributed by atoms with E-state index in [2.05, 4.69) is 14.7 Å². The van der Waals surface area contributed by atoms with Crippen LogP contribution in [0.4, 0.5) is 0 Å². The lowest BCUT2D eigenvalue weighted by molar-refractivity contribution is 0.0893. The molecule has 2 N–H and O–H groups in total. The monoisotopic (exact) mass is 546 g/mol. The quantitative estimate of drug-likeness (QED) is 0.371. The molecule has 4 heterocycles. The van der Waals surface area contributed by atoms with Gasteiger partial charge in [-0.05, 0) is 75.8 Å². The topological polar surface area (TPSA) is 124 Å². The lowest BCUT2D eigenvalue weighted by Gasteiger charge is -2.52. The zero-order valence-corrected chi connectivity index (χ0v) is 22.7. The van der Waals surface area contributed by atoms with E-state index >= 15 is 0 Å². The van der Waals surface area contributed by atoms with Crippen LogP contribution in [0.5, 0.6) is 11.5 Å². The summed E-state index contributed by atoms with van der Waals surface area (Å²) in [7, 11) is -1.92. The van der Waals surface area contributed by atoms with Crippen LogP contribution >= 0.6 is 0 Å². The average molecular weight is 547 g/mol. The summed E-state index contributed by atoms with van der Waals surface area (Å²) in [5.41, 5.74) is 3.80. The van der Waals surface area contributed by atoms with Gasteiger partial charge in [-0.25, -0.2) is 23.1 Å². The SMILES string of the molecule is Cc1cccc(-c2[nH]c(C34CCC(NS(=O)(=O)c5cn(C)cn5)(CC3)CC4)nc2-c2ccc3c(c2)OCO3)n1. The number of ether oxygens (including phenoxy) is 2. The summed E-state index contributed by atoms with van der Waals surface area (Å²) >= 11 is 0. The van der Waals surface area contributed by atoms with E-state index in [1.54, 1.807) is 11.6 Å². The minimum Gasteiger partial charge on any atom is -0.454 e. The third kappa shape index (κ3) is 4.11. The van der Waals surface area contributed by atoms with Crippen molar-refractivity contribution in [3.8, 4) is 34.1 Å². The predicted octanol–water partition coefficient (Wildman–Crippen LogP) is 4.23. The van der Waals surface area contributed by atoms with Crippen LogP contribution in [-0.2, 0) is 22.5 Å². The Hall–Kier alpha value is -3.70. The molecule has 10 nitrogen and oxygen atoms in total. The fourth-order valence-corrected chi connectivity index (χ4v) is 7.78. The van der Waals surface area contributed by atoms with Crippen LogP contribution in [0.3, 0.4) is 0 Å². The lowest BCUT2D eigenvalue weighted by Crippen LogP contribution is -2.57. The number of fused-ring (bicyclic) bond motifs is 4. The van der Waals surface area contributed by atoms with Crippen molar-refractivity contribution in [2.45, 2.75) is 61.4 Å². The molecular weight excluding hydrogens is 516 g/mol. The molecule has 0 saturated heterocycles. The molecule has 0 amide bonds. The standard InChI is InChI=1S/C28H30N6O4S/c1-18-4-3-5-20(30-18)25-24(19-6-7-21-22(14-19)38-17-37-21)31-26(32-25)27-8-11-28(12-9-27,13-10-27)33-39(35,36)23-15-34(2)16-29-23/h3-7,14-16,33H,8-13,17H2,1-2H3,(H,31,32). The van der Waals surface area contributed by atoms with Crippen LogP contribution in [0, 0.1) is 6.92 Å². The zero-order chi connectivity index (χ0) is 26.8. The third-order valence-corrected chi connectivity index (χ3v) is 10.0. The molecule has 2 bridgehead atoms. The van der Waals surface area contributed by atoms with Crippen LogP contribution in [0.2, 0.25) is 0 Å². The van der Waals surface area contributed by atoms with Gasteiger partial charge in [0.1, 0.15) is 5.82 Å². The highest BCUT2D eigenvalue weighted by atomic mass is 32.2. The van der Waals surface area contributed by atoms with E-state index < -0.39 is 15.6 Å². The summed E-state index contributed by atoms with van der Waals surface area (Å²) < 4.78 is 42.0. The second kappa shape index (κ2) is 8.65. The fourth-order valence-electron chi connectivity index (χ4n) is 6.30. The number of hydrogen-bond acceptors (Lipinski definition) is 7. The van der Waals surface area contributed by atoms with Gasteiger partial charge in [0.2, 0.25) is 6.79 Å². The maximum atomic E-state index is 13.1. The van der Waals surface area contributed by atoms with Crippen molar-refractivity contribution in [3.05, 3.63) is 60.4 Å². The first-order chi connectivity index (χ1) is 18.7. The molecule has 4 aliphatic rings. The highest BCUT2D eigenvalue weighted by Crippen LogP contribution is 2.54. The molecule has 3 aliphatic carbocycles. The van der Waals surface area contributed by atoms with E-state index in [0.717, 1.165) is 78.4 Å². The maximum absolute atomic E-state index is 13.1. The largest absolute Gasteiger partial charge is 0.454 e. The Morgan fingerprint density at radius 3 is 2.49 bits per heavy atom. The van der Waals surface area contributed by atoms with E-state index in [4.69, 9.17) is 19.4 Å². The lowest BCUT2D eigenvalue weighted by atomic mass is 9.57. The number of rotatable bonds is 6. The maximum Gasteiger partial charge on any atom is 0.260 e. The second-order valence-electron chi connectivity index (χ2n) is 11.1. The molecule has 0 unspecified atom stereocenters. The van der Waals surface area contributed by atoms with Gasteiger partial charge in [-0.1, -0.05) is 6.07 Å². The first kappa shape index (κ1) is 24.3. The number of sulfonamides is 1. The third-order valence-electron chi connectivity index (χ3n) is 8.55. The van der Waals surface area contributed by atoms with E-state index in [1.165, 1.54) is 12.5 Å². The second-order valence-corrected chi connectivity index (χ2v) is 12.7. The number of benzene rings is 1. The Kier molecular flexibility index (Phi) is 5.40. The number of nitrogens with one attached hydrogen (secondary N) is 2. The predicted molar refractivity (Wildman–Crippen MR) is 144 cm³/mol. The van der Waals surface area contributed by atoms with Crippen LogP contribution in [0.1, 0.15) is 50.0 Å². The Labute approximate surface area is 226 Å². The van der Waals surface area contributed by atoms with Gasteiger partial charge >= 0.3 is 0 Å². The average Bonchev–Trinajstić information content (AvgIpc) is 3.69. The molecule has 3 saturated carbocycles. The fraction of sp³-hybridized carbons (Fsp3) is 0.393. The van der Waals surface area contributed by atoms with Gasteiger partial charge in [0.05, 0.1) is 23.4 Å². The molecular formula is C28H30N6O4S. The smallest absolute Gasteiger partial charge is 0.260 e. The Morgan fingerprint density at radius 2 is 1.77 bits per heavy atom. The number of H-pyrrole nitrogens is 1. The summed E-state index contributed by atoms with van der Waals surface area (Å²) in [4.78, 5) is 17.7. The van der Waals surface area contributed by atoms with Crippen LogP contribution in [0.15, 0.2) is 53.9 Å². The number of aromatic amines is 1. The molecule has 39 heavy (non-hydrogen) atoms. The van der Waals surface area contributed by atoms with Gasteiger partial charge < -0.3 is 19.0 Å². The molecule has 1 aliphatic heterocycles. The number of aromatic nitrogens is 5. The molecule has 0 spiro atoms. The molecule has 11 heteroatoms. The van der Waals surface area contributed by atoms with Crippen molar-refractivity contribution < 1.29 is 17.9 Å². The number of pyridine rings is 1. The van der Waals surface area contributed by atoms with Crippen molar-refractivity contribution in [2.75, 3.05) is 6.79 Å². The van der Waals surface area contributed by atoms with Gasteiger partial charge in [0.25, 0.3) is 10.0 Å². The molecule has 0 radical (unpaired) electrons. The van der Waals surface area contributed by atoms with E-state index in [9.17, 15) is 8.42 Å². The van der Waals surface area contributed by atoms with Crippen molar-refractivity contribution in [1.29, 1.82) is 0 Å². The van der Waals surface area contributed by atoms with Gasteiger partial charge in [-0.15, -0.1) is 0 Å². The van der Waals surface area contributed by atoms with E-state index in [0.29, 0.717) is 5.75 Å². The summed E-state index contributed by atoms with van der Waals surface area (Å²) in [5, 5.41) is 0.0662. The molecule has 202 valence electrons. The Morgan fingerprint density at radius 1 is 1.00 bits per heavy atom.